The van der Waals surface area contributed by atoms with Crippen LogP contribution in [0, 0.1) is 0 Å². The molecule has 4 N–H and O–H groups in total. The maximum Gasteiger partial charge on any atom is 0.509 e. The molecule has 0 bridgehead atoms. The summed E-state index contributed by atoms with van der Waals surface area (Å²) < 4.78 is 40.9. The van der Waals surface area contributed by atoms with Gasteiger partial charge in [-0.1, -0.05) is 12.1 Å². The predicted molar refractivity (Wildman–Crippen MR) is 95.7 cm³/mol. The van der Waals surface area contributed by atoms with Gasteiger partial charge in [-0.15, -0.1) is 0 Å². The van der Waals surface area contributed by atoms with Crippen molar-refractivity contribution in [3.8, 4) is 17.2 Å². The van der Waals surface area contributed by atoms with Gasteiger partial charge in [0.15, 0.2) is 0 Å². The number of carboxylic acids is 1. The zero-order valence-corrected chi connectivity index (χ0v) is 20.8. The lowest BCUT2D eigenvalue weighted by atomic mass is 10.1. The zero-order valence-electron chi connectivity index (χ0n) is 14.3. The van der Waals surface area contributed by atoms with Gasteiger partial charge in [-0.05, 0) is 42.0 Å². The van der Waals surface area contributed by atoms with E-state index in [1.165, 1.54) is 59.0 Å². The first-order chi connectivity index (χ1) is 12.5. The van der Waals surface area contributed by atoms with Crippen LogP contribution in [0.25, 0.3) is 0 Å². The molecule has 12 heteroatoms. The number of benzene rings is 2. The van der Waals surface area contributed by atoms with Gasteiger partial charge in [0.2, 0.25) is 0 Å². The first kappa shape index (κ1) is 28.1. The van der Waals surface area contributed by atoms with Gasteiger partial charge in [-0.3, -0.25) is 5.32 Å². The maximum absolute atomic E-state index is 12.5. The monoisotopic (exact) mass is 750 g/mol. The quantitative estimate of drug-likeness (QED) is 0.163. The normalized spacial score (nSPS) is 12.7. The van der Waals surface area contributed by atoms with Crippen molar-refractivity contribution in [2.24, 2.45) is 0 Å². The molecule has 2 rings (SSSR count). The Bertz CT molecular complexity index is 832. The van der Waals surface area contributed by atoms with Crippen LogP contribution in [0.3, 0.4) is 0 Å². The Morgan fingerprint density at radius 2 is 1.41 bits per heavy atom. The molecule has 0 fully saturated rings. The average Bonchev–Trinajstić information content (AvgIpc) is 2.57. The number of hydrogen-bond acceptors (Lipinski definition) is 4. The minimum Gasteiger partial charge on any atom is -1.00 e. The second-order valence-corrected chi connectivity index (χ2v) is 7.52. The second-order valence-electron chi connectivity index (χ2n) is 5.59. The summed E-state index contributed by atoms with van der Waals surface area (Å²) >= 11 is 1.32. The van der Waals surface area contributed by atoms with E-state index in [4.69, 9.17) is 4.74 Å². The topological polar surface area (TPSA) is 100 Å². The lowest BCUT2D eigenvalue weighted by Crippen LogP contribution is -3.02. The van der Waals surface area contributed by atoms with E-state index in [-0.39, 0.29) is 65.4 Å². The van der Waals surface area contributed by atoms with Crippen LogP contribution in [-0.4, -0.2) is 31.8 Å². The van der Waals surface area contributed by atoms with Crippen LogP contribution in [0.1, 0.15) is 5.56 Å². The molecule has 160 valence electrons. The number of carboxylic acid groups (broad SMARTS) is 1. The third-order valence-corrected chi connectivity index (χ3v) is 4.61. The molecule has 0 aromatic heterocycles. The molecule has 0 radical (unpaired) electrons. The number of carbonyl (C=O) groups excluding carboxylic acids is 1. The lowest BCUT2D eigenvalue weighted by molar-refractivity contribution is -0.612. The Morgan fingerprint density at radius 3 is 1.83 bits per heavy atom. The van der Waals surface area contributed by atoms with E-state index in [1.807, 2.05) is 0 Å². The van der Waals surface area contributed by atoms with Gasteiger partial charge >= 0.3 is 18.1 Å². The van der Waals surface area contributed by atoms with Gasteiger partial charge in [-0.25, -0.2) is 9.59 Å². The summed E-state index contributed by atoms with van der Waals surface area (Å²) in [6.45, 7) is 0. The fraction of sp³-hybridized carbons (Fsp3) is 0.176. The summed E-state index contributed by atoms with van der Waals surface area (Å²) in [7, 11) is 0. The van der Waals surface area contributed by atoms with Gasteiger partial charge in [0, 0.05) is 29.0 Å². The third kappa shape index (κ3) is 8.41. The number of carbonyl (C=O) groups is 2. The summed E-state index contributed by atoms with van der Waals surface area (Å²) in [4.78, 5) is 22.6. The van der Waals surface area contributed by atoms with Crippen LogP contribution in [0.5, 0.6) is 17.2 Å². The number of aromatic hydroxyl groups is 1. The molecule has 2 aromatic carbocycles. The van der Waals surface area contributed by atoms with E-state index in [2.05, 4.69) is 0 Å². The third-order valence-electron chi connectivity index (χ3n) is 3.45. The number of phenolic OH excluding ortho intramolecular Hbond substituents is 1. The second kappa shape index (κ2) is 11.5. The first-order valence-corrected chi connectivity index (χ1v) is 8.53. The minimum absolute atomic E-state index is 0. The van der Waals surface area contributed by atoms with Gasteiger partial charge in [-0.2, -0.15) is 13.2 Å². The van der Waals surface area contributed by atoms with Gasteiger partial charge in [0.1, 0.15) is 17.2 Å². The fourth-order valence-corrected chi connectivity index (χ4v) is 2.82. The minimum atomic E-state index is -5.13. The molecule has 0 aliphatic heterocycles. The predicted octanol–water partition coefficient (Wildman–Crippen LogP) is -3.40. The molecule has 29 heavy (non-hydrogen) atoms. The number of quaternary nitrogens is 1. The summed E-state index contributed by atoms with van der Waals surface area (Å²) in [5, 5.41) is 18.7. The summed E-state index contributed by atoms with van der Waals surface area (Å²) in [5.74, 6) is -2.81. The van der Waals surface area contributed by atoms with Gasteiger partial charge < -0.3 is 62.9 Å². The van der Waals surface area contributed by atoms with Crippen molar-refractivity contribution < 1.29 is 91.0 Å². The van der Waals surface area contributed by atoms with E-state index >= 15 is 0 Å². The van der Waals surface area contributed by atoms with Crippen LogP contribution in [0.15, 0.2) is 48.5 Å². The number of aliphatic carboxylic acids is 1. The van der Waals surface area contributed by atoms with Crippen LogP contribution in [0.2, 0.25) is 0 Å². The fourth-order valence-electron chi connectivity index (χ4n) is 2.10. The highest BCUT2D eigenvalue weighted by atomic mass is 127. The molecule has 0 aliphatic carbocycles. The molecule has 2 aromatic rings. The highest BCUT2D eigenvalue weighted by Gasteiger charge is 2.51. The number of alkyl halides is 4. The molecule has 0 heterocycles. The van der Waals surface area contributed by atoms with Crippen molar-refractivity contribution in [2.45, 2.75) is 16.1 Å². The van der Waals surface area contributed by atoms with E-state index < -0.39 is 21.6 Å². The molecular formula is C17H14F3I3NO5-. The largest absolute Gasteiger partial charge is 1.00 e. The van der Waals surface area contributed by atoms with Crippen LogP contribution >= 0.6 is 22.6 Å². The smallest absolute Gasteiger partial charge is 0.509 e. The summed E-state index contributed by atoms with van der Waals surface area (Å²) in [5.41, 5.74) is 0.413. The van der Waals surface area contributed by atoms with Crippen molar-refractivity contribution in [2.75, 3.05) is 0 Å². The molecule has 1 amide bonds. The highest BCUT2D eigenvalue weighted by molar-refractivity contribution is 14.1. The highest BCUT2D eigenvalue weighted by Crippen LogP contribution is 2.25. The molecule has 0 saturated carbocycles. The zero-order chi connectivity index (χ0) is 20.2. The SMILES string of the molecule is O=C([NH2+][C@@](I)(Cc1ccc(Oc2ccc(O)cc2)cc1)C(=O)O)C(F)(F)F.[I-].[I-]. The van der Waals surface area contributed by atoms with E-state index in [9.17, 15) is 33.0 Å². The average molecular weight is 750 g/mol. The Labute approximate surface area is 211 Å². The van der Waals surface area contributed by atoms with Crippen LogP contribution < -0.4 is 58.0 Å². The molecule has 0 saturated heterocycles. The molecular weight excluding hydrogens is 736 g/mol. The van der Waals surface area contributed by atoms with Crippen molar-refractivity contribution in [1.82, 2.24) is 0 Å². The number of hydrogen-bond donors (Lipinski definition) is 3. The Hall–Kier alpha value is -0.880. The first-order valence-electron chi connectivity index (χ1n) is 7.45. The number of phenols is 1. The Morgan fingerprint density at radius 1 is 0.966 bits per heavy atom. The molecule has 6 nitrogen and oxygen atoms in total. The number of primary amides is 1. The number of halogens is 6. The molecule has 1 atom stereocenters. The molecule has 0 unspecified atom stereocenters. The number of rotatable bonds is 6. The number of nitrogens with two attached hydrogens (primary N) is 1. The maximum atomic E-state index is 12.5. The summed E-state index contributed by atoms with van der Waals surface area (Å²) in [6.07, 6.45) is -5.45. The van der Waals surface area contributed by atoms with E-state index in [0.29, 0.717) is 17.1 Å². The van der Waals surface area contributed by atoms with Crippen molar-refractivity contribution >= 4 is 34.5 Å². The van der Waals surface area contributed by atoms with Gasteiger partial charge in [0.25, 0.3) is 3.55 Å². The Balaban J connectivity index is 0.00000392. The van der Waals surface area contributed by atoms with E-state index in [1.54, 1.807) is 12.1 Å². The van der Waals surface area contributed by atoms with Crippen LogP contribution in [0.4, 0.5) is 13.2 Å². The van der Waals surface area contributed by atoms with Crippen molar-refractivity contribution in [3.05, 3.63) is 54.1 Å². The number of amides is 1. The van der Waals surface area contributed by atoms with E-state index in [0.717, 1.165) is 0 Å². The lowest BCUT2D eigenvalue weighted by Gasteiger charge is -2.20. The number of ether oxygens (including phenoxy) is 1. The van der Waals surface area contributed by atoms with Crippen molar-refractivity contribution in [1.29, 1.82) is 0 Å². The summed E-state index contributed by atoms with van der Waals surface area (Å²) in [6, 6.07) is 12.0. The van der Waals surface area contributed by atoms with Gasteiger partial charge in [0.05, 0.1) is 0 Å². The molecule has 0 spiro atoms. The van der Waals surface area contributed by atoms with Crippen LogP contribution in [-0.2, 0) is 16.0 Å². The molecule has 0 aliphatic rings. The van der Waals surface area contributed by atoms with Crippen molar-refractivity contribution in [3.63, 3.8) is 0 Å². The standard InChI is InChI=1S/C17H13F3INO5.2HI/c18-17(19,20)14(24)22-16(21,15(25)26)9-10-1-5-12(6-2-10)27-13-7-3-11(23)4-8-13;;/h1-8,23H,9H2,(H,22,24)(H,25,26);2*1H/p-1/t16-;;/m0../s1. The Kier molecular flexibility index (Phi) is 11.1.